The molecule has 28 heteroatoms. The van der Waals surface area contributed by atoms with E-state index in [0.717, 1.165) is 11.8 Å². The number of azo groups is 2. The van der Waals surface area contributed by atoms with Crippen molar-refractivity contribution in [2.75, 3.05) is 73.2 Å². The minimum Gasteiger partial charge on any atom is -0.494 e. The number of thiophene rings is 2. The molecule has 2 aromatic carbocycles. The molecule has 0 radical (unpaired) electrons. The fourth-order valence-corrected chi connectivity index (χ4v) is 10.6. The highest BCUT2D eigenvalue weighted by molar-refractivity contribution is 7.99. The summed E-state index contributed by atoms with van der Waals surface area (Å²) in [7, 11) is -2.08. The molecule has 3 heterocycles. The topological polar surface area (TPSA) is 331 Å². The van der Waals surface area contributed by atoms with E-state index in [1.165, 1.54) is 20.3 Å². The lowest BCUT2D eigenvalue weighted by Gasteiger charge is -2.25. The van der Waals surface area contributed by atoms with E-state index < -0.39 is 36.5 Å². The summed E-state index contributed by atoms with van der Waals surface area (Å²) in [5.74, 6) is 0.838. The van der Waals surface area contributed by atoms with E-state index >= 15 is 0 Å². The molecule has 0 aliphatic heterocycles. The molecule has 0 amide bonds. The maximum atomic E-state index is 12.1. The zero-order valence-electron chi connectivity index (χ0n) is 36.4. The first-order valence-electron chi connectivity index (χ1n) is 19.6. The lowest BCUT2D eigenvalue weighted by atomic mass is 10.2. The van der Waals surface area contributed by atoms with Crippen LogP contribution in [0.4, 0.5) is 56.0 Å². The van der Waals surface area contributed by atoms with Crippen LogP contribution in [0.5, 0.6) is 11.5 Å². The molecule has 1 unspecified atom stereocenters. The molecule has 5 rings (SSSR count). The molecule has 0 fully saturated rings. The smallest absolute Gasteiger partial charge is 0.297 e. The van der Waals surface area contributed by atoms with E-state index in [9.17, 15) is 47.0 Å². The molecule has 1 atom stereocenters. The monoisotopic (exact) mass is 1010 g/mol. The Morgan fingerprint density at radius 3 is 1.64 bits per heavy atom. The molecule has 0 aliphatic rings. The molecular formula is C39H41N13O10S5. The van der Waals surface area contributed by atoms with Gasteiger partial charge in [-0.3, -0.25) is 14.1 Å². The molecule has 352 valence electrons. The number of nitriles is 2. The van der Waals surface area contributed by atoms with Crippen LogP contribution in [0.25, 0.3) is 0 Å². The molecule has 0 aliphatic carbocycles. The Hall–Kier alpha value is -6.50. The Morgan fingerprint density at radius 2 is 1.25 bits per heavy atom. The SMILES string of the molecule is CCN(CC)c1cc(Nc2nc(Nc3cc(N(CC)CC)c(OC)cc3N=Nc3sc(C=O)c(S(=O)(=O)O)c3C#N)nc(SCCO)n2)c(N=Nc2sc(C=O)c(S(=O)O)c2C#N)cc1OC. The summed E-state index contributed by atoms with van der Waals surface area (Å²) < 4.78 is 67.5. The Bertz CT molecular complexity index is 2940. The first-order chi connectivity index (χ1) is 32.2. The van der Waals surface area contributed by atoms with Gasteiger partial charge in [-0.2, -0.15) is 33.9 Å². The second kappa shape index (κ2) is 23.3. The second-order valence-electron chi connectivity index (χ2n) is 13.0. The number of methoxy groups -OCH3 is 2. The van der Waals surface area contributed by atoms with Gasteiger partial charge < -0.3 is 39.6 Å². The third-order valence-corrected chi connectivity index (χ3v) is 14.1. The number of aromatic nitrogens is 3. The highest BCUT2D eigenvalue weighted by Gasteiger charge is 2.28. The second-order valence-corrected chi connectivity index (χ2v) is 18.4. The lowest BCUT2D eigenvalue weighted by Crippen LogP contribution is -2.22. The number of ether oxygens (including phenoxy) is 2. The number of hydrogen-bond donors (Lipinski definition) is 5. The summed E-state index contributed by atoms with van der Waals surface area (Å²) >= 11 is -0.336. The molecule has 5 aromatic rings. The van der Waals surface area contributed by atoms with Crippen LogP contribution in [0, 0.1) is 22.7 Å². The predicted molar refractivity (Wildman–Crippen MR) is 253 cm³/mol. The third kappa shape index (κ3) is 11.7. The van der Waals surface area contributed by atoms with Crippen molar-refractivity contribution in [3.63, 3.8) is 0 Å². The minimum absolute atomic E-state index is 0.0443. The van der Waals surface area contributed by atoms with E-state index in [2.05, 4.69) is 46.0 Å². The van der Waals surface area contributed by atoms with Crippen molar-refractivity contribution in [1.29, 1.82) is 10.5 Å². The summed E-state index contributed by atoms with van der Waals surface area (Å²) in [4.78, 5) is 39.4. The van der Waals surface area contributed by atoms with Crippen molar-refractivity contribution in [3.05, 3.63) is 45.1 Å². The number of hydrogen-bond acceptors (Lipinski definition) is 24. The van der Waals surface area contributed by atoms with Gasteiger partial charge in [-0.05, 0) is 39.8 Å². The average molecular weight is 1010 g/mol. The number of benzene rings is 2. The number of nitrogens with zero attached hydrogens (tertiary/aromatic N) is 11. The van der Waals surface area contributed by atoms with Crippen molar-refractivity contribution >= 4 is 124 Å². The van der Waals surface area contributed by atoms with Gasteiger partial charge in [0.1, 0.15) is 55.9 Å². The zero-order chi connectivity index (χ0) is 49.0. The van der Waals surface area contributed by atoms with E-state index in [1.54, 1.807) is 24.3 Å². The molecule has 23 nitrogen and oxygen atoms in total. The Morgan fingerprint density at radius 1 is 0.791 bits per heavy atom. The number of rotatable bonds is 23. The van der Waals surface area contributed by atoms with Gasteiger partial charge in [0.25, 0.3) is 10.1 Å². The highest BCUT2D eigenvalue weighted by Crippen LogP contribution is 2.45. The van der Waals surface area contributed by atoms with Crippen molar-refractivity contribution < 1.29 is 45.9 Å². The van der Waals surface area contributed by atoms with Gasteiger partial charge in [-0.25, -0.2) is 4.21 Å². The van der Waals surface area contributed by atoms with Crippen molar-refractivity contribution in [3.8, 4) is 23.6 Å². The maximum Gasteiger partial charge on any atom is 0.297 e. The van der Waals surface area contributed by atoms with E-state index in [4.69, 9.17) is 9.47 Å². The van der Waals surface area contributed by atoms with Crippen LogP contribution >= 0.6 is 34.4 Å². The number of aliphatic hydroxyl groups is 1. The lowest BCUT2D eigenvalue weighted by molar-refractivity contribution is 0.111. The standard InChI is InChI=1S/C39H41N13O10S5/c1-7-51(8-2)27-13-23(25(15-29(27)61-5)47-49-35-21(17-40)33(66(56)57)31(19-54)64-35)42-37-44-38(46-39(45-37)63-12-11-53)43-24-14-28(52(9-3)10-4)30(62-6)16-26(24)48-50-36-22(18-41)34(67(58,59)60)32(20-55)65-36/h13-16,19-20,53H,7-12H2,1-6H3,(H,56,57)(H,58,59,60)(H2,42,43,44,45,46). The number of carbonyl (C=O) groups is 2. The summed E-state index contributed by atoms with van der Waals surface area (Å²) in [5, 5.41) is 52.6. The van der Waals surface area contributed by atoms with E-state index in [1.807, 2.05) is 43.6 Å². The number of aldehydes is 2. The first kappa shape index (κ1) is 51.5. The Labute approximate surface area is 398 Å². The summed E-state index contributed by atoms with van der Waals surface area (Å²) in [5.41, 5.74) is 1.07. The summed E-state index contributed by atoms with van der Waals surface area (Å²) in [6.45, 7) is 9.83. The maximum absolute atomic E-state index is 12.1. The molecule has 0 bridgehead atoms. The highest BCUT2D eigenvalue weighted by atomic mass is 32.2. The minimum atomic E-state index is -5.00. The Kier molecular flexibility index (Phi) is 17.9. The van der Waals surface area contributed by atoms with E-state index in [-0.39, 0.29) is 83.8 Å². The van der Waals surface area contributed by atoms with Crippen molar-refractivity contribution in [2.24, 2.45) is 20.5 Å². The van der Waals surface area contributed by atoms with Crippen LogP contribution in [-0.2, 0) is 21.2 Å². The molecular weight excluding hydrogens is 971 g/mol. The van der Waals surface area contributed by atoms with Crippen molar-refractivity contribution in [1.82, 2.24) is 15.0 Å². The van der Waals surface area contributed by atoms with Crippen LogP contribution in [0.1, 0.15) is 58.2 Å². The average Bonchev–Trinajstić information content (AvgIpc) is 3.89. The van der Waals surface area contributed by atoms with Crippen LogP contribution in [0.2, 0.25) is 0 Å². The number of carbonyl (C=O) groups excluding carboxylic acids is 2. The molecule has 0 spiro atoms. The number of thioether (sulfide) groups is 1. The van der Waals surface area contributed by atoms with E-state index in [0.29, 0.717) is 78.0 Å². The number of nitrogens with one attached hydrogen (secondary N) is 2. The molecule has 67 heavy (non-hydrogen) atoms. The molecule has 3 aromatic heterocycles. The van der Waals surface area contributed by atoms with Gasteiger partial charge in [0.2, 0.25) is 11.9 Å². The van der Waals surface area contributed by atoms with Crippen LogP contribution in [0.15, 0.2) is 59.7 Å². The molecule has 0 saturated heterocycles. The third-order valence-electron chi connectivity index (χ3n) is 9.34. The predicted octanol–water partition coefficient (Wildman–Crippen LogP) is 8.30. The van der Waals surface area contributed by atoms with Gasteiger partial charge >= 0.3 is 0 Å². The normalized spacial score (nSPS) is 11.9. The Balaban J connectivity index is 1.70. The number of aliphatic hydroxyl groups excluding tert-OH is 1. The van der Waals surface area contributed by atoms with Crippen molar-refractivity contribution in [2.45, 2.75) is 42.6 Å². The van der Waals surface area contributed by atoms with Gasteiger partial charge in [0.05, 0.1) is 53.3 Å². The van der Waals surface area contributed by atoms with Gasteiger partial charge in [0, 0.05) is 44.1 Å². The van der Waals surface area contributed by atoms with Crippen LogP contribution in [-0.4, -0.2) is 107 Å². The van der Waals surface area contributed by atoms with Crippen LogP contribution < -0.4 is 29.9 Å². The molecule has 0 saturated carbocycles. The number of anilines is 6. The first-order valence-corrected chi connectivity index (χ1v) is 24.8. The summed E-state index contributed by atoms with van der Waals surface area (Å²) in [6.07, 6.45) is 0.533. The van der Waals surface area contributed by atoms with Crippen LogP contribution in [0.3, 0.4) is 0 Å². The quantitative estimate of drug-likeness (QED) is 0.0135. The fraction of sp³-hybridized carbons (Fsp3) is 0.308. The summed E-state index contributed by atoms with van der Waals surface area (Å²) in [6, 6.07) is 9.99. The molecule has 5 N–H and O–H groups in total. The largest absolute Gasteiger partial charge is 0.494 e. The zero-order valence-corrected chi connectivity index (χ0v) is 40.4. The fourth-order valence-electron chi connectivity index (χ4n) is 6.31. The van der Waals surface area contributed by atoms with Gasteiger partial charge in [0.15, 0.2) is 38.8 Å². The van der Waals surface area contributed by atoms with Gasteiger partial charge in [-0.1, -0.05) is 11.8 Å². The van der Waals surface area contributed by atoms with Gasteiger partial charge in [-0.15, -0.1) is 43.1 Å².